The van der Waals surface area contributed by atoms with Gasteiger partial charge in [-0.1, -0.05) is 5.92 Å². The third kappa shape index (κ3) is 3.91. The van der Waals surface area contributed by atoms with E-state index in [-0.39, 0.29) is 0 Å². The van der Waals surface area contributed by atoms with Crippen LogP contribution in [0, 0.1) is 12.3 Å². The molecule has 1 rings (SSSR count). The summed E-state index contributed by atoms with van der Waals surface area (Å²) in [5.41, 5.74) is 1.31. The molecule has 0 aliphatic rings. The summed E-state index contributed by atoms with van der Waals surface area (Å²) in [6.07, 6.45) is 7.21. The number of rotatable bonds is 6. The van der Waals surface area contributed by atoms with Crippen LogP contribution in [-0.2, 0) is 13.6 Å². The van der Waals surface area contributed by atoms with Crippen molar-refractivity contribution >= 4 is 11.8 Å². The van der Waals surface area contributed by atoms with E-state index in [0.717, 1.165) is 24.6 Å². The Bertz CT molecular complexity index is 298. The van der Waals surface area contributed by atoms with E-state index in [2.05, 4.69) is 41.2 Å². The Morgan fingerprint density at radius 1 is 1.64 bits per heavy atom. The molecule has 0 atom stereocenters. The van der Waals surface area contributed by atoms with E-state index < -0.39 is 0 Å². The Hall–Kier alpha value is -0.850. The first-order chi connectivity index (χ1) is 6.84. The van der Waals surface area contributed by atoms with Gasteiger partial charge in [0.25, 0.3) is 0 Å². The standard InChI is InChI=1S/C11H16N2S/c1-3-8-14-9-6-12-10-11-5-4-7-13(11)2/h1,4-5,7,12H,6,8-10H2,2H3. The first kappa shape index (κ1) is 11.2. The molecule has 1 heterocycles. The van der Waals surface area contributed by atoms with Crippen molar-refractivity contribution in [1.29, 1.82) is 0 Å². The van der Waals surface area contributed by atoms with E-state index in [0.29, 0.717) is 0 Å². The SMILES string of the molecule is C#CCSCCNCc1cccn1C. The van der Waals surface area contributed by atoms with E-state index in [4.69, 9.17) is 6.42 Å². The molecule has 0 spiro atoms. The molecule has 1 aromatic heterocycles. The van der Waals surface area contributed by atoms with Crippen molar-refractivity contribution in [3.8, 4) is 12.3 Å². The number of nitrogens with one attached hydrogen (secondary N) is 1. The fraction of sp³-hybridized carbons (Fsp3) is 0.455. The van der Waals surface area contributed by atoms with Gasteiger partial charge in [-0.05, 0) is 12.1 Å². The van der Waals surface area contributed by atoms with Crippen LogP contribution in [0.15, 0.2) is 18.3 Å². The molecule has 0 aliphatic carbocycles. The fourth-order valence-corrected chi connectivity index (χ4v) is 1.72. The molecule has 0 unspecified atom stereocenters. The van der Waals surface area contributed by atoms with Gasteiger partial charge >= 0.3 is 0 Å². The molecule has 0 radical (unpaired) electrons. The van der Waals surface area contributed by atoms with Crippen LogP contribution in [0.1, 0.15) is 5.69 Å². The molecule has 0 saturated carbocycles. The molecule has 0 fully saturated rings. The molecular weight excluding hydrogens is 192 g/mol. The average Bonchev–Trinajstić information content (AvgIpc) is 2.58. The Morgan fingerprint density at radius 2 is 2.50 bits per heavy atom. The summed E-state index contributed by atoms with van der Waals surface area (Å²) in [4.78, 5) is 0. The Labute approximate surface area is 90.1 Å². The summed E-state index contributed by atoms with van der Waals surface area (Å²) in [6.45, 7) is 1.94. The summed E-state index contributed by atoms with van der Waals surface area (Å²) in [5.74, 6) is 4.50. The maximum Gasteiger partial charge on any atom is 0.0545 e. The van der Waals surface area contributed by atoms with Crippen molar-refractivity contribution in [3.05, 3.63) is 24.0 Å². The average molecular weight is 208 g/mol. The van der Waals surface area contributed by atoms with Crippen molar-refractivity contribution in [2.45, 2.75) is 6.54 Å². The van der Waals surface area contributed by atoms with Crippen LogP contribution in [0.3, 0.4) is 0 Å². The highest BCUT2D eigenvalue weighted by atomic mass is 32.2. The largest absolute Gasteiger partial charge is 0.353 e. The second-order valence-corrected chi connectivity index (χ2v) is 4.15. The molecule has 0 aromatic carbocycles. The number of thioether (sulfide) groups is 1. The summed E-state index contributed by atoms with van der Waals surface area (Å²) in [6, 6.07) is 4.19. The monoisotopic (exact) mass is 208 g/mol. The van der Waals surface area contributed by atoms with E-state index >= 15 is 0 Å². The highest BCUT2D eigenvalue weighted by Crippen LogP contribution is 1.99. The van der Waals surface area contributed by atoms with Crippen LogP contribution in [0.5, 0.6) is 0 Å². The van der Waals surface area contributed by atoms with Gasteiger partial charge in [0.05, 0.1) is 5.75 Å². The Kier molecular flexibility index (Phi) is 5.28. The van der Waals surface area contributed by atoms with E-state index in [1.165, 1.54) is 5.69 Å². The zero-order valence-corrected chi connectivity index (χ0v) is 9.31. The quantitative estimate of drug-likeness (QED) is 0.563. The van der Waals surface area contributed by atoms with Crippen LogP contribution in [0.4, 0.5) is 0 Å². The minimum Gasteiger partial charge on any atom is -0.353 e. The summed E-state index contributed by atoms with van der Waals surface area (Å²) in [7, 11) is 2.06. The van der Waals surface area contributed by atoms with Gasteiger partial charge in [0, 0.05) is 37.8 Å². The first-order valence-corrected chi connectivity index (χ1v) is 5.82. The lowest BCUT2D eigenvalue weighted by Crippen LogP contribution is -2.18. The van der Waals surface area contributed by atoms with Crippen LogP contribution in [0.2, 0.25) is 0 Å². The van der Waals surface area contributed by atoms with E-state index in [9.17, 15) is 0 Å². The number of hydrogen-bond donors (Lipinski definition) is 1. The van der Waals surface area contributed by atoms with Gasteiger partial charge in [-0.25, -0.2) is 0 Å². The number of aromatic nitrogens is 1. The summed E-state index contributed by atoms with van der Waals surface area (Å²) >= 11 is 1.79. The molecule has 0 amide bonds. The van der Waals surface area contributed by atoms with Crippen LogP contribution >= 0.6 is 11.8 Å². The molecule has 14 heavy (non-hydrogen) atoms. The Morgan fingerprint density at radius 3 is 3.14 bits per heavy atom. The molecular formula is C11H16N2S. The molecule has 1 aromatic rings. The number of terminal acetylenes is 1. The van der Waals surface area contributed by atoms with Crippen molar-refractivity contribution in [2.75, 3.05) is 18.1 Å². The topological polar surface area (TPSA) is 17.0 Å². The van der Waals surface area contributed by atoms with Gasteiger partial charge in [-0.15, -0.1) is 18.2 Å². The van der Waals surface area contributed by atoms with Crippen molar-refractivity contribution in [3.63, 3.8) is 0 Å². The molecule has 3 heteroatoms. The van der Waals surface area contributed by atoms with Gasteiger partial charge in [0.1, 0.15) is 0 Å². The predicted molar refractivity (Wildman–Crippen MR) is 63.3 cm³/mol. The van der Waals surface area contributed by atoms with Crippen LogP contribution in [-0.4, -0.2) is 22.6 Å². The lowest BCUT2D eigenvalue weighted by atomic mass is 10.4. The molecule has 0 bridgehead atoms. The molecule has 0 aliphatic heterocycles. The first-order valence-electron chi connectivity index (χ1n) is 4.66. The second-order valence-electron chi connectivity index (χ2n) is 3.04. The lowest BCUT2D eigenvalue weighted by molar-refractivity contribution is 0.684. The zero-order chi connectivity index (χ0) is 10.2. The third-order valence-corrected chi connectivity index (χ3v) is 2.83. The minimum atomic E-state index is 0.811. The zero-order valence-electron chi connectivity index (χ0n) is 8.49. The minimum absolute atomic E-state index is 0.811. The molecule has 76 valence electrons. The normalized spacial score (nSPS) is 10.0. The smallest absolute Gasteiger partial charge is 0.0545 e. The fourth-order valence-electron chi connectivity index (χ4n) is 1.17. The molecule has 2 nitrogen and oxygen atoms in total. The Balaban J connectivity index is 2.05. The van der Waals surface area contributed by atoms with Crippen LogP contribution < -0.4 is 5.32 Å². The maximum atomic E-state index is 5.15. The highest BCUT2D eigenvalue weighted by molar-refractivity contribution is 7.99. The van der Waals surface area contributed by atoms with Crippen LogP contribution in [0.25, 0.3) is 0 Å². The van der Waals surface area contributed by atoms with Crippen molar-refractivity contribution in [2.24, 2.45) is 7.05 Å². The van der Waals surface area contributed by atoms with Gasteiger partial charge < -0.3 is 9.88 Å². The molecule has 0 saturated heterocycles. The third-order valence-electron chi connectivity index (χ3n) is 1.97. The number of hydrogen-bond acceptors (Lipinski definition) is 2. The summed E-state index contributed by atoms with van der Waals surface area (Å²) in [5, 5.41) is 3.38. The molecule has 1 N–H and O–H groups in total. The second kappa shape index (κ2) is 6.58. The van der Waals surface area contributed by atoms with Gasteiger partial charge in [0.2, 0.25) is 0 Å². The van der Waals surface area contributed by atoms with Crippen molar-refractivity contribution in [1.82, 2.24) is 9.88 Å². The van der Waals surface area contributed by atoms with Gasteiger partial charge in [0.15, 0.2) is 0 Å². The van der Waals surface area contributed by atoms with Gasteiger partial charge in [-0.3, -0.25) is 0 Å². The van der Waals surface area contributed by atoms with E-state index in [1.807, 2.05) is 0 Å². The summed E-state index contributed by atoms with van der Waals surface area (Å²) < 4.78 is 2.13. The highest BCUT2D eigenvalue weighted by Gasteiger charge is 1.95. The van der Waals surface area contributed by atoms with Crippen molar-refractivity contribution < 1.29 is 0 Å². The number of aryl methyl sites for hydroxylation is 1. The number of nitrogens with zero attached hydrogens (tertiary/aromatic N) is 1. The van der Waals surface area contributed by atoms with E-state index in [1.54, 1.807) is 11.8 Å². The van der Waals surface area contributed by atoms with Gasteiger partial charge in [-0.2, -0.15) is 0 Å². The lowest BCUT2D eigenvalue weighted by Gasteiger charge is -2.04. The predicted octanol–water partition coefficient (Wildman–Crippen LogP) is 1.48. The maximum absolute atomic E-state index is 5.15.